The summed E-state index contributed by atoms with van der Waals surface area (Å²) in [5, 5.41) is 3.17. The Kier molecular flexibility index (Phi) is 6.96. The number of rotatable bonds is 5. The highest BCUT2D eigenvalue weighted by Crippen LogP contribution is 1.99. The Morgan fingerprint density at radius 2 is 2.12 bits per heavy atom. The molecule has 17 heavy (non-hydrogen) atoms. The van der Waals surface area contributed by atoms with Gasteiger partial charge in [0.05, 0.1) is 0 Å². The van der Waals surface area contributed by atoms with Gasteiger partial charge in [-0.2, -0.15) is 0 Å². The van der Waals surface area contributed by atoms with Gasteiger partial charge in [0.25, 0.3) is 0 Å². The van der Waals surface area contributed by atoms with Crippen molar-refractivity contribution < 1.29 is 0 Å². The van der Waals surface area contributed by atoms with Crippen LogP contribution in [0.15, 0.2) is 4.99 Å². The van der Waals surface area contributed by atoms with E-state index in [2.05, 4.69) is 34.1 Å². The molecule has 0 saturated carbocycles. The fraction of sp³-hybridized carbons (Fsp3) is 0.917. The summed E-state index contributed by atoms with van der Waals surface area (Å²) in [6, 6.07) is 0. The highest BCUT2D eigenvalue weighted by atomic mass is 15.2. The van der Waals surface area contributed by atoms with Crippen LogP contribution in [0.5, 0.6) is 0 Å². The van der Waals surface area contributed by atoms with Crippen LogP contribution in [0.25, 0.3) is 0 Å². The van der Waals surface area contributed by atoms with Crippen molar-refractivity contribution in [3.63, 3.8) is 0 Å². The molecular weight excluding hydrogens is 214 g/mol. The topological polar surface area (TPSA) is 56.9 Å². The monoisotopic (exact) mass is 241 g/mol. The lowest BCUT2D eigenvalue weighted by Gasteiger charge is -2.20. The van der Waals surface area contributed by atoms with E-state index in [9.17, 15) is 0 Å². The molecule has 1 fully saturated rings. The van der Waals surface area contributed by atoms with E-state index in [1.54, 1.807) is 0 Å². The molecule has 5 nitrogen and oxygen atoms in total. The number of hydrogen-bond donors (Lipinski definition) is 2. The van der Waals surface area contributed by atoms with Crippen LogP contribution in [0.3, 0.4) is 0 Å². The number of nitrogens with two attached hydrogens (primary N) is 1. The first-order chi connectivity index (χ1) is 8.22. The SMILES string of the molecule is CCCN=C(N)NCCN1CCCN(C)CC1. The highest BCUT2D eigenvalue weighted by Gasteiger charge is 2.10. The lowest BCUT2D eigenvalue weighted by molar-refractivity contribution is 0.280. The van der Waals surface area contributed by atoms with Gasteiger partial charge in [-0.15, -0.1) is 0 Å². The van der Waals surface area contributed by atoms with E-state index >= 15 is 0 Å². The summed E-state index contributed by atoms with van der Waals surface area (Å²) < 4.78 is 0. The summed E-state index contributed by atoms with van der Waals surface area (Å²) in [5.41, 5.74) is 5.74. The highest BCUT2D eigenvalue weighted by molar-refractivity contribution is 5.77. The van der Waals surface area contributed by atoms with E-state index in [1.807, 2.05) is 0 Å². The quantitative estimate of drug-likeness (QED) is 0.523. The number of hydrogen-bond acceptors (Lipinski definition) is 3. The fourth-order valence-corrected chi connectivity index (χ4v) is 1.95. The maximum atomic E-state index is 5.74. The molecule has 1 rings (SSSR count). The van der Waals surface area contributed by atoms with Crippen molar-refractivity contribution in [1.82, 2.24) is 15.1 Å². The lowest BCUT2D eigenvalue weighted by Crippen LogP contribution is -2.39. The van der Waals surface area contributed by atoms with Gasteiger partial charge in [-0.05, 0) is 33.0 Å². The van der Waals surface area contributed by atoms with Crippen molar-refractivity contribution in [1.29, 1.82) is 0 Å². The minimum atomic E-state index is 0.582. The van der Waals surface area contributed by atoms with Crippen LogP contribution in [0.1, 0.15) is 19.8 Å². The summed E-state index contributed by atoms with van der Waals surface area (Å²) in [7, 11) is 2.19. The zero-order chi connectivity index (χ0) is 12.5. The maximum absolute atomic E-state index is 5.74. The van der Waals surface area contributed by atoms with Crippen molar-refractivity contribution in [2.45, 2.75) is 19.8 Å². The minimum absolute atomic E-state index is 0.582. The third-order valence-corrected chi connectivity index (χ3v) is 3.05. The molecule has 1 aliphatic heterocycles. The molecule has 0 aromatic heterocycles. The maximum Gasteiger partial charge on any atom is 0.188 e. The summed E-state index contributed by atoms with van der Waals surface area (Å²) in [4.78, 5) is 9.10. The predicted molar refractivity (Wildman–Crippen MR) is 73.3 cm³/mol. The first-order valence-electron chi connectivity index (χ1n) is 6.67. The van der Waals surface area contributed by atoms with Crippen LogP contribution in [-0.4, -0.2) is 68.6 Å². The number of nitrogens with zero attached hydrogens (tertiary/aromatic N) is 3. The largest absolute Gasteiger partial charge is 0.370 e. The van der Waals surface area contributed by atoms with E-state index in [4.69, 9.17) is 5.73 Å². The second-order valence-corrected chi connectivity index (χ2v) is 4.69. The molecule has 1 saturated heterocycles. The van der Waals surface area contributed by atoms with Crippen LogP contribution in [0.4, 0.5) is 0 Å². The molecule has 100 valence electrons. The molecule has 5 heteroatoms. The molecule has 1 heterocycles. The number of likely N-dealkylation sites (N-methyl/N-ethyl adjacent to an activating group) is 1. The predicted octanol–water partition coefficient (Wildman–Crippen LogP) is -0.0618. The van der Waals surface area contributed by atoms with Gasteiger partial charge in [-0.25, -0.2) is 0 Å². The van der Waals surface area contributed by atoms with Crippen LogP contribution in [0, 0.1) is 0 Å². The Morgan fingerprint density at radius 1 is 1.29 bits per heavy atom. The van der Waals surface area contributed by atoms with Crippen molar-refractivity contribution in [3.05, 3.63) is 0 Å². The smallest absolute Gasteiger partial charge is 0.188 e. The average molecular weight is 241 g/mol. The van der Waals surface area contributed by atoms with Gasteiger partial charge in [0.15, 0.2) is 5.96 Å². The van der Waals surface area contributed by atoms with Crippen LogP contribution >= 0.6 is 0 Å². The second kappa shape index (κ2) is 8.31. The zero-order valence-electron chi connectivity index (χ0n) is 11.3. The van der Waals surface area contributed by atoms with Gasteiger partial charge in [-0.3, -0.25) is 4.99 Å². The fourth-order valence-electron chi connectivity index (χ4n) is 1.95. The number of guanidine groups is 1. The van der Waals surface area contributed by atoms with E-state index in [0.29, 0.717) is 5.96 Å². The molecule has 3 N–H and O–H groups in total. The van der Waals surface area contributed by atoms with Crippen LogP contribution < -0.4 is 11.1 Å². The molecule has 0 aliphatic carbocycles. The van der Waals surface area contributed by atoms with E-state index in [0.717, 1.165) is 32.6 Å². The van der Waals surface area contributed by atoms with Crippen molar-refractivity contribution in [2.24, 2.45) is 10.7 Å². The Balaban J connectivity index is 2.13. The normalized spacial score (nSPS) is 20.2. The second-order valence-electron chi connectivity index (χ2n) is 4.69. The molecule has 0 aromatic carbocycles. The summed E-state index contributed by atoms with van der Waals surface area (Å²) in [6.45, 7) is 9.59. The van der Waals surface area contributed by atoms with E-state index in [-0.39, 0.29) is 0 Å². The van der Waals surface area contributed by atoms with E-state index in [1.165, 1.54) is 26.1 Å². The van der Waals surface area contributed by atoms with Crippen molar-refractivity contribution in [3.8, 4) is 0 Å². The molecular formula is C12H27N5. The Bertz CT molecular complexity index is 229. The molecule has 1 aliphatic rings. The van der Waals surface area contributed by atoms with Gasteiger partial charge in [-0.1, -0.05) is 6.92 Å². The molecule has 0 bridgehead atoms. The Labute approximate surface area is 105 Å². The zero-order valence-corrected chi connectivity index (χ0v) is 11.3. The summed E-state index contributed by atoms with van der Waals surface area (Å²) in [5.74, 6) is 0.582. The van der Waals surface area contributed by atoms with E-state index < -0.39 is 0 Å². The van der Waals surface area contributed by atoms with Crippen molar-refractivity contribution >= 4 is 5.96 Å². The Morgan fingerprint density at radius 3 is 2.88 bits per heavy atom. The molecule has 0 amide bonds. The lowest BCUT2D eigenvalue weighted by atomic mass is 10.4. The number of aliphatic imine (C=N–C) groups is 1. The summed E-state index contributed by atoms with van der Waals surface area (Å²) >= 11 is 0. The van der Waals surface area contributed by atoms with Gasteiger partial charge in [0, 0.05) is 32.7 Å². The average Bonchev–Trinajstić information content (AvgIpc) is 2.52. The van der Waals surface area contributed by atoms with Crippen LogP contribution in [0.2, 0.25) is 0 Å². The molecule has 0 radical (unpaired) electrons. The first-order valence-corrected chi connectivity index (χ1v) is 6.67. The molecule has 0 spiro atoms. The Hall–Kier alpha value is -0.810. The van der Waals surface area contributed by atoms with Crippen LogP contribution in [-0.2, 0) is 0 Å². The third-order valence-electron chi connectivity index (χ3n) is 3.05. The van der Waals surface area contributed by atoms with Gasteiger partial charge in [0.2, 0.25) is 0 Å². The minimum Gasteiger partial charge on any atom is -0.370 e. The molecule has 0 atom stereocenters. The third kappa shape index (κ3) is 6.48. The molecule has 0 unspecified atom stereocenters. The first kappa shape index (κ1) is 14.3. The van der Waals surface area contributed by atoms with Gasteiger partial charge < -0.3 is 20.9 Å². The standard InChI is InChI=1S/C12H27N5/c1-3-5-14-12(13)15-6-9-17-8-4-7-16(2)10-11-17/h3-11H2,1-2H3,(H3,13,14,15). The number of nitrogens with one attached hydrogen (secondary N) is 1. The van der Waals surface area contributed by atoms with Gasteiger partial charge in [0.1, 0.15) is 0 Å². The summed E-state index contributed by atoms with van der Waals surface area (Å²) in [6.07, 6.45) is 2.30. The molecule has 0 aromatic rings. The van der Waals surface area contributed by atoms with Gasteiger partial charge >= 0.3 is 0 Å². The van der Waals surface area contributed by atoms with Crippen molar-refractivity contribution in [2.75, 3.05) is 52.9 Å².